The summed E-state index contributed by atoms with van der Waals surface area (Å²) < 4.78 is 10.7. The van der Waals surface area contributed by atoms with Crippen molar-refractivity contribution in [1.82, 2.24) is 4.90 Å². The van der Waals surface area contributed by atoms with E-state index in [2.05, 4.69) is 12.1 Å². The van der Waals surface area contributed by atoms with Crippen LogP contribution in [0.2, 0.25) is 0 Å². The topological polar surface area (TPSA) is 38.8 Å². The van der Waals surface area contributed by atoms with Crippen LogP contribution in [0.3, 0.4) is 0 Å². The lowest BCUT2D eigenvalue weighted by Gasteiger charge is -2.23. The summed E-state index contributed by atoms with van der Waals surface area (Å²) in [6.45, 7) is 1.07. The summed E-state index contributed by atoms with van der Waals surface area (Å²) in [4.78, 5) is 14.6. The first-order valence-electron chi connectivity index (χ1n) is 8.24. The molecule has 1 amide bonds. The Morgan fingerprint density at radius 1 is 1.08 bits per heavy atom. The monoisotopic (exact) mass is 321 g/mol. The lowest BCUT2D eigenvalue weighted by molar-refractivity contribution is -0.126. The van der Waals surface area contributed by atoms with Gasteiger partial charge in [-0.3, -0.25) is 4.79 Å². The molecule has 2 aliphatic heterocycles. The van der Waals surface area contributed by atoms with Crippen LogP contribution in [0.5, 0.6) is 11.5 Å². The van der Waals surface area contributed by atoms with Gasteiger partial charge in [0.1, 0.15) is 0 Å². The molecule has 2 heterocycles. The fraction of sp³-hybridized carbons (Fsp3) is 0.250. The van der Waals surface area contributed by atoms with Crippen LogP contribution in [0.25, 0.3) is 6.08 Å². The normalized spacial score (nSPS) is 19.2. The van der Waals surface area contributed by atoms with Gasteiger partial charge in [-0.15, -0.1) is 0 Å². The van der Waals surface area contributed by atoms with Crippen LogP contribution in [-0.2, 0) is 4.79 Å². The Bertz CT molecular complexity index is 770. The molecule has 0 aliphatic carbocycles. The van der Waals surface area contributed by atoms with Crippen molar-refractivity contribution in [2.45, 2.75) is 18.9 Å². The average molecular weight is 321 g/mol. The molecule has 2 aromatic carbocycles. The number of carbonyl (C=O) groups is 1. The van der Waals surface area contributed by atoms with Crippen LogP contribution in [-0.4, -0.2) is 24.1 Å². The largest absolute Gasteiger partial charge is 0.454 e. The zero-order valence-corrected chi connectivity index (χ0v) is 13.4. The van der Waals surface area contributed by atoms with Crippen molar-refractivity contribution in [3.8, 4) is 11.5 Å². The summed E-state index contributed by atoms with van der Waals surface area (Å²) in [5.74, 6) is 1.54. The second-order valence-corrected chi connectivity index (χ2v) is 6.05. The smallest absolute Gasteiger partial charge is 0.247 e. The molecule has 1 fully saturated rings. The number of ether oxygens (including phenoxy) is 2. The highest BCUT2D eigenvalue weighted by molar-refractivity contribution is 5.92. The van der Waals surface area contributed by atoms with Gasteiger partial charge in [-0.2, -0.15) is 0 Å². The predicted octanol–water partition coefficient (Wildman–Crippen LogP) is 3.79. The standard InChI is InChI=1S/C20H19NO3/c22-20(11-9-15-8-10-18-19(13-15)24-14-23-18)21-12-4-7-17(21)16-5-2-1-3-6-16/h1-3,5-6,8-11,13,17H,4,7,12,14H2/b11-9+. The molecule has 4 heteroatoms. The van der Waals surface area contributed by atoms with Crippen molar-refractivity contribution in [1.29, 1.82) is 0 Å². The molecule has 2 aromatic rings. The molecule has 1 atom stereocenters. The van der Waals surface area contributed by atoms with E-state index in [1.807, 2.05) is 47.4 Å². The van der Waals surface area contributed by atoms with E-state index in [9.17, 15) is 4.79 Å². The van der Waals surface area contributed by atoms with E-state index in [0.29, 0.717) is 0 Å². The first kappa shape index (κ1) is 14.8. The molecule has 4 rings (SSSR count). The molecule has 4 nitrogen and oxygen atoms in total. The van der Waals surface area contributed by atoms with Crippen molar-refractivity contribution < 1.29 is 14.3 Å². The van der Waals surface area contributed by atoms with Gasteiger partial charge in [-0.25, -0.2) is 0 Å². The zero-order valence-electron chi connectivity index (χ0n) is 13.4. The highest BCUT2D eigenvalue weighted by Crippen LogP contribution is 2.34. The minimum absolute atomic E-state index is 0.0546. The number of benzene rings is 2. The van der Waals surface area contributed by atoms with Crippen LogP contribution in [0.1, 0.15) is 30.0 Å². The number of likely N-dealkylation sites (tertiary alicyclic amines) is 1. The van der Waals surface area contributed by atoms with Crippen molar-refractivity contribution in [2.24, 2.45) is 0 Å². The summed E-state index contributed by atoms with van der Waals surface area (Å²) in [5.41, 5.74) is 2.14. The van der Waals surface area contributed by atoms with Gasteiger partial charge in [0.15, 0.2) is 11.5 Å². The lowest BCUT2D eigenvalue weighted by atomic mass is 10.0. The Hall–Kier alpha value is -2.75. The molecule has 0 aromatic heterocycles. The quantitative estimate of drug-likeness (QED) is 0.807. The van der Waals surface area contributed by atoms with Gasteiger partial charge in [0.2, 0.25) is 12.7 Å². The minimum Gasteiger partial charge on any atom is -0.454 e. The first-order chi connectivity index (χ1) is 11.8. The Morgan fingerprint density at radius 2 is 1.92 bits per heavy atom. The number of rotatable bonds is 3. The van der Waals surface area contributed by atoms with Crippen LogP contribution >= 0.6 is 0 Å². The van der Waals surface area contributed by atoms with E-state index in [0.717, 1.165) is 36.4 Å². The molecule has 2 aliphatic rings. The number of fused-ring (bicyclic) bond motifs is 1. The van der Waals surface area contributed by atoms with Gasteiger partial charge in [0, 0.05) is 12.6 Å². The van der Waals surface area contributed by atoms with E-state index >= 15 is 0 Å². The lowest BCUT2D eigenvalue weighted by Crippen LogP contribution is -2.28. The van der Waals surface area contributed by atoms with Gasteiger partial charge in [-0.05, 0) is 42.2 Å². The number of amides is 1. The second-order valence-electron chi connectivity index (χ2n) is 6.05. The fourth-order valence-corrected chi connectivity index (χ4v) is 3.33. The minimum atomic E-state index is 0.0546. The average Bonchev–Trinajstić information content (AvgIpc) is 3.29. The van der Waals surface area contributed by atoms with Gasteiger partial charge in [-0.1, -0.05) is 36.4 Å². The molecule has 0 bridgehead atoms. The summed E-state index contributed by atoms with van der Waals surface area (Å²) >= 11 is 0. The molecule has 1 saturated heterocycles. The fourth-order valence-electron chi connectivity index (χ4n) is 3.33. The van der Waals surface area contributed by atoms with Gasteiger partial charge >= 0.3 is 0 Å². The SMILES string of the molecule is O=C(/C=C/c1ccc2c(c1)OCO2)N1CCCC1c1ccccc1. The van der Waals surface area contributed by atoms with Gasteiger partial charge in [0.25, 0.3) is 0 Å². The van der Waals surface area contributed by atoms with Crippen LogP contribution in [0.15, 0.2) is 54.6 Å². The highest BCUT2D eigenvalue weighted by Gasteiger charge is 2.28. The maximum absolute atomic E-state index is 12.6. The summed E-state index contributed by atoms with van der Waals surface area (Å²) in [6, 6.07) is 16.1. The second kappa shape index (κ2) is 6.40. The number of nitrogens with zero attached hydrogens (tertiary/aromatic N) is 1. The van der Waals surface area contributed by atoms with Crippen LogP contribution < -0.4 is 9.47 Å². The third-order valence-corrected chi connectivity index (χ3v) is 4.54. The molecule has 24 heavy (non-hydrogen) atoms. The number of carbonyl (C=O) groups excluding carboxylic acids is 1. The van der Waals surface area contributed by atoms with Crippen molar-refractivity contribution in [2.75, 3.05) is 13.3 Å². The Morgan fingerprint density at radius 3 is 2.79 bits per heavy atom. The molecule has 0 radical (unpaired) electrons. The third kappa shape index (κ3) is 2.87. The number of hydrogen-bond acceptors (Lipinski definition) is 3. The van der Waals surface area contributed by atoms with Gasteiger partial charge < -0.3 is 14.4 Å². The maximum atomic E-state index is 12.6. The highest BCUT2D eigenvalue weighted by atomic mass is 16.7. The van der Waals surface area contributed by atoms with Gasteiger partial charge in [0.05, 0.1) is 6.04 Å². The van der Waals surface area contributed by atoms with Crippen LogP contribution in [0.4, 0.5) is 0 Å². The van der Waals surface area contributed by atoms with Crippen LogP contribution in [0, 0.1) is 0 Å². The Kier molecular flexibility index (Phi) is 3.95. The predicted molar refractivity (Wildman–Crippen MR) is 91.7 cm³/mol. The molecular formula is C20H19NO3. The van der Waals surface area contributed by atoms with Crippen molar-refractivity contribution in [3.05, 3.63) is 65.7 Å². The molecule has 0 spiro atoms. The maximum Gasteiger partial charge on any atom is 0.247 e. The third-order valence-electron chi connectivity index (χ3n) is 4.54. The Balaban J connectivity index is 1.49. The van der Waals surface area contributed by atoms with Crippen molar-refractivity contribution >= 4 is 12.0 Å². The Labute approximate surface area is 141 Å². The summed E-state index contributed by atoms with van der Waals surface area (Å²) in [5, 5.41) is 0. The molecular weight excluding hydrogens is 302 g/mol. The zero-order chi connectivity index (χ0) is 16.4. The molecule has 0 saturated carbocycles. The van der Waals surface area contributed by atoms with E-state index in [-0.39, 0.29) is 18.7 Å². The first-order valence-corrected chi connectivity index (χ1v) is 8.24. The summed E-state index contributed by atoms with van der Waals surface area (Å²) in [7, 11) is 0. The van der Waals surface area contributed by atoms with E-state index < -0.39 is 0 Å². The van der Waals surface area contributed by atoms with E-state index in [1.165, 1.54) is 5.56 Å². The number of hydrogen-bond donors (Lipinski definition) is 0. The molecule has 122 valence electrons. The summed E-state index contributed by atoms with van der Waals surface area (Å²) in [6.07, 6.45) is 5.56. The molecule has 1 unspecified atom stereocenters. The van der Waals surface area contributed by atoms with E-state index in [4.69, 9.17) is 9.47 Å². The molecule has 0 N–H and O–H groups in total. The van der Waals surface area contributed by atoms with E-state index in [1.54, 1.807) is 6.08 Å². The van der Waals surface area contributed by atoms with Crippen molar-refractivity contribution in [3.63, 3.8) is 0 Å².